The van der Waals surface area contributed by atoms with Crippen LogP contribution >= 0.6 is 11.8 Å². The average molecular weight is 351 g/mol. The lowest BCUT2D eigenvalue weighted by molar-refractivity contribution is -0.0497. The smallest absolute Gasteiger partial charge is 0.387 e. The summed E-state index contributed by atoms with van der Waals surface area (Å²) in [4.78, 5) is 11.9. The molecule has 0 aliphatic rings. The lowest BCUT2D eigenvalue weighted by Crippen LogP contribution is -2.01. The topological polar surface area (TPSA) is 60.0 Å². The van der Waals surface area contributed by atoms with Gasteiger partial charge in [-0.15, -0.1) is 0 Å². The molecule has 0 atom stereocenters. The molecule has 0 radical (unpaired) electrons. The van der Waals surface area contributed by atoms with Crippen molar-refractivity contribution in [1.82, 2.24) is 15.0 Å². The maximum absolute atomic E-state index is 12.3. The fraction of sp³-hybridized carbons (Fsp3) is 0.250. The Kier molecular flexibility index (Phi) is 4.84. The molecular weight excluding hydrogens is 336 g/mol. The summed E-state index contributed by atoms with van der Waals surface area (Å²) < 4.78 is 34.2. The zero-order valence-corrected chi connectivity index (χ0v) is 13.9. The number of imidazole rings is 1. The number of benzene rings is 1. The van der Waals surface area contributed by atoms with Crippen LogP contribution in [0.25, 0.3) is 11.0 Å². The van der Waals surface area contributed by atoms with E-state index in [-0.39, 0.29) is 5.75 Å². The van der Waals surface area contributed by atoms with E-state index in [0.29, 0.717) is 16.4 Å². The number of aromatic nitrogens is 3. The highest BCUT2D eigenvalue weighted by Gasteiger charge is 2.10. The van der Waals surface area contributed by atoms with Crippen molar-refractivity contribution in [2.24, 2.45) is 0 Å². The van der Waals surface area contributed by atoms with Crippen LogP contribution in [0.2, 0.25) is 0 Å². The van der Waals surface area contributed by atoms with Crippen molar-refractivity contribution < 1.29 is 18.3 Å². The van der Waals surface area contributed by atoms with Crippen LogP contribution in [0.3, 0.4) is 0 Å². The molecule has 0 fully saturated rings. The number of halogens is 2. The van der Waals surface area contributed by atoms with E-state index in [9.17, 15) is 8.78 Å². The van der Waals surface area contributed by atoms with Crippen molar-refractivity contribution in [3.8, 4) is 11.5 Å². The number of hydrogen-bond donors (Lipinski definition) is 1. The van der Waals surface area contributed by atoms with Crippen LogP contribution in [-0.4, -0.2) is 28.7 Å². The van der Waals surface area contributed by atoms with Gasteiger partial charge in [0.25, 0.3) is 0 Å². The number of nitrogens with one attached hydrogen (secondary N) is 1. The van der Waals surface area contributed by atoms with Gasteiger partial charge >= 0.3 is 6.61 Å². The molecule has 0 amide bonds. The van der Waals surface area contributed by atoms with Gasteiger partial charge in [-0.05, 0) is 25.1 Å². The van der Waals surface area contributed by atoms with E-state index in [4.69, 9.17) is 4.74 Å². The molecule has 5 nitrogen and oxygen atoms in total. The number of ether oxygens (including phenoxy) is 2. The number of pyridine rings is 1. The Labute approximate surface area is 141 Å². The molecule has 0 spiro atoms. The number of H-pyrrole nitrogens is 1. The standard InChI is InChI=1S/C16H15F2N3O2S/c1-9-13(19-6-5-14(9)22-2)8-24-16-20-11-4-3-10(23-15(17)18)7-12(11)21-16/h3-7,15H,8H2,1-2H3,(H,20,21). The van der Waals surface area contributed by atoms with Gasteiger partial charge in [0.1, 0.15) is 11.5 Å². The highest BCUT2D eigenvalue weighted by atomic mass is 32.2. The van der Waals surface area contributed by atoms with E-state index in [1.807, 2.05) is 13.0 Å². The first-order valence-corrected chi connectivity index (χ1v) is 8.11. The molecule has 3 aromatic rings. The molecule has 8 heteroatoms. The summed E-state index contributed by atoms with van der Waals surface area (Å²) in [6.07, 6.45) is 1.70. The molecule has 126 valence electrons. The monoisotopic (exact) mass is 351 g/mol. The lowest BCUT2D eigenvalue weighted by atomic mass is 10.2. The molecule has 1 N–H and O–H groups in total. The van der Waals surface area contributed by atoms with Crippen molar-refractivity contribution in [3.05, 3.63) is 41.7 Å². The molecule has 2 heterocycles. The SMILES string of the molecule is COc1ccnc(CSc2nc3cc(OC(F)F)ccc3[nH]2)c1C. The van der Waals surface area contributed by atoms with Crippen LogP contribution in [0.15, 0.2) is 35.6 Å². The summed E-state index contributed by atoms with van der Waals surface area (Å²) in [5, 5.41) is 0.684. The largest absolute Gasteiger partial charge is 0.496 e. The number of methoxy groups -OCH3 is 1. The van der Waals surface area contributed by atoms with Gasteiger partial charge in [-0.25, -0.2) is 4.98 Å². The van der Waals surface area contributed by atoms with E-state index in [2.05, 4.69) is 19.7 Å². The summed E-state index contributed by atoms with van der Waals surface area (Å²) in [5.74, 6) is 1.49. The van der Waals surface area contributed by atoms with E-state index in [1.54, 1.807) is 19.4 Å². The number of alkyl halides is 2. The highest BCUT2D eigenvalue weighted by molar-refractivity contribution is 7.98. The summed E-state index contributed by atoms with van der Waals surface area (Å²) in [6.45, 7) is -0.897. The number of fused-ring (bicyclic) bond motifs is 1. The van der Waals surface area contributed by atoms with E-state index < -0.39 is 6.61 Å². The van der Waals surface area contributed by atoms with Gasteiger partial charge in [0.15, 0.2) is 5.16 Å². The third-order valence-corrected chi connectivity index (χ3v) is 4.37. The summed E-state index contributed by atoms with van der Waals surface area (Å²) in [5.41, 5.74) is 3.22. The Balaban J connectivity index is 1.76. The molecule has 1 aromatic carbocycles. The second kappa shape index (κ2) is 7.04. The van der Waals surface area contributed by atoms with E-state index in [0.717, 1.165) is 22.5 Å². The Bertz CT molecular complexity index is 854. The Morgan fingerprint density at radius 1 is 1.29 bits per heavy atom. The van der Waals surface area contributed by atoms with Crippen LogP contribution in [0.1, 0.15) is 11.3 Å². The van der Waals surface area contributed by atoms with Crippen molar-refractivity contribution in [1.29, 1.82) is 0 Å². The van der Waals surface area contributed by atoms with Crippen LogP contribution in [0, 0.1) is 6.92 Å². The third kappa shape index (κ3) is 3.59. The van der Waals surface area contributed by atoms with Gasteiger partial charge in [0.2, 0.25) is 0 Å². The number of thioether (sulfide) groups is 1. The second-order valence-corrected chi connectivity index (χ2v) is 5.94. The van der Waals surface area contributed by atoms with Crippen molar-refractivity contribution in [2.75, 3.05) is 7.11 Å². The molecule has 0 aliphatic carbocycles. The van der Waals surface area contributed by atoms with Crippen LogP contribution in [-0.2, 0) is 5.75 Å². The minimum absolute atomic E-state index is 0.0888. The average Bonchev–Trinajstić information content (AvgIpc) is 2.95. The number of hydrogen-bond acceptors (Lipinski definition) is 5. The molecule has 0 saturated heterocycles. The normalized spacial score (nSPS) is 11.2. The first kappa shape index (κ1) is 16.5. The first-order valence-electron chi connectivity index (χ1n) is 7.12. The van der Waals surface area contributed by atoms with E-state index >= 15 is 0 Å². The Hall–Kier alpha value is -2.35. The third-order valence-electron chi connectivity index (χ3n) is 3.48. The highest BCUT2D eigenvalue weighted by Crippen LogP contribution is 2.28. The van der Waals surface area contributed by atoms with Gasteiger partial charge in [-0.1, -0.05) is 11.8 Å². The number of nitrogens with zero attached hydrogens (tertiary/aromatic N) is 2. The van der Waals surface area contributed by atoms with Gasteiger partial charge in [0.05, 0.1) is 23.8 Å². The van der Waals surface area contributed by atoms with Gasteiger partial charge in [0, 0.05) is 23.6 Å². The summed E-state index contributed by atoms with van der Waals surface area (Å²) in [6, 6.07) is 6.44. The van der Waals surface area contributed by atoms with Crippen molar-refractivity contribution >= 4 is 22.8 Å². The van der Waals surface area contributed by atoms with Gasteiger partial charge in [-0.2, -0.15) is 8.78 Å². The maximum Gasteiger partial charge on any atom is 0.387 e. The van der Waals surface area contributed by atoms with Crippen molar-refractivity contribution in [2.45, 2.75) is 24.4 Å². The summed E-state index contributed by atoms with van der Waals surface area (Å²) in [7, 11) is 1.62. The molecule has 2 aromatic heterocycles. The molecule has 0 unspecified atom stereocenters. The minimum Gasteiger partial charge on any atom is -0.496 e. The zero-order chi connectivity index (χ0) is 17.1. The Morgan fingerprint density at radius 2 is 2.12 bits per heavy atom. The quantitative estimate of drug-likeness (QED) is 0.676. The summed E-state index contributed by atoms with van der Waals surface area (Å²) >= 11 is 1.48. The second-order valence-electron chi connectivity index (χ2n) is 4.97. The van der Waals surface area contributed by atoms with Crippen LogP contribution < -0.4 is 9.47 Å². The fourth-order valence-electron chi connectivity index (χ4n) is 2.27. The maximum atomic E-state index is 12.3. The fourth-order valence-corrected chi connectivity index (χ4v) is 3.18. The molecule has 3 rings (SSSR count). The predicted molar refractivity (Wildman–Crippen MR) is 87.8 cm³/mol. The van der Waals surface area contributed by atoms with Crippen LogP contribution in [0.4, 0.5) is 8.78 Å². The number of aromatic amines is 1. The van der Waals surface area contributed by atoms with Crippen LogP contribution in [0.5, 0.6) is 11.5 Å². The molecule has 0 saturated carbocycles. The first-order chi connectivity index (χ1) is 11.6. The zero-order valence-electron chi connectivity index (χ0n) is 13.0. The van der Waals surface area contributed by atoms with Gasteiger partial charge in [-0.3, -0.25) is 4.98 Å². The van der Waals surface area contributed by atoms with Gasteiger partial charge < -0.3 is 14.5 Å². The molecular formula is C16H15F2N3O2S. The minimum atomic E-state index is -2.85. The van der Waals surface area contributed by atoms with Crippen molar-refractivity contribution in [3.63, 3.8) is 0 Å². The molecule has 24 heavy (non-hydrogen) atoms. The number of rotatable bonds is 6. The van der Waals surface area contributed by atoms with E-state index in [1.165, 1.54) is 23.9 Å². The lowest BCUT2D eigenvalue weighted by Gasteiger charge is -2.08. The molecule has 0 aliphatic heterocycles. The Morgan fingerprint density at radius 3 is 2.88 bits per heavy atom. The predicted octanol–water partition coefficient (Wildman–Crippen LogP) is 4.17. The molecule has 0 bridgehead atoms.